The first-order valence-corrected chi connectivity index (χ1v) is 7.53. The summed E-state index contributed by atoms with van der Waals surface area (Å²) in [5.74, 6) is -1.12. The topological polar surface area (TPSA) is 66.9 Å². The van der Waals surface area contributed by atoms with Gasteiger partial charge in [-0.15, -0.1) is 0 Å². The van der Waals surface area contributed by atoms with E-state index in [0.717, 1.165) is 10.2 Å². The summed E-state index contributed by atoms with van der Waals surface area (Å²) in [4.78, 5) is 19.9. The summed E-state index contributed by atoms with van der Waals surface area (Å²) in [5.41, 5.74) is -0.0649. The molecular weight excluding hydrogens is 347 g/mol. The molecule has 20 heavy (non-hydrogen) atoms. The number of carbonyl (C=O) groups is 1. The van der Waals surface area contributed by atoms with E-state index in [2.05, 4.69) is 36.5 Å². The van der Waals surface area contributed by atoms with Gasteiger partial charge in [-0.1, -0.05) is 18.3 Å². The van der Waals surface area contributed by atoms with E-state index in [4.69, 9.17) is 0 Å². The third-order valence-corrected chi connectivity index (χ3v) is 3.77. The van der Waals surface area contributed by atoms with Gasteiger partial charge in [-0.05, 0) is 28.4 Å². The fraction of sp³-hybridized carbons (Fsp3) is 0.250. The molecule has 106 valence electrons. The average molecular weight is 359 g/mol. The van der Waals surface area contributed by atoms with Crippen molar-refractivity contribution in [3.05, 3.63) is 33.6 Å². The normalized spacial score (nSPS) is 10.3. The first kappa shape index (κ1) is 14.9. The second-order valence-electron chi connectivity index (χ2n) is 3.87. The van der Waals surface area contributed by atoms with Crippen LogP contribution in [0.25, 0.3) is 0 Å². The molecule has 0 saturated heterocycles. The zero-order valence-electron chi connectivity index (χ0n) is 10.6. The molecule has 0 fully saturated rings. The van der Waals surface area contributed by atoms with Crippen LogP contribution >= 0.6 is 27.3 Å². The Balaban J connectivity index is 2.17. The van der Waals surface area contributed by atoms with Gasteiger partial charge in [-0.2, -0.15) is 0 Å². The fourth-order valence-electron chi connectivity index (χ4n) is 1.46. The van der Waals surface area contributed by atoms with Crippen LogP contribution in [0.2, 0.25) is 0 Å². The summed E-state index contributed by atoms with van der Waals surface area (Å²) < 4.78 is 14.9. The molecule has 0 unspecified atom stereocenters. The average Bonchev–Trinajstić information content (AvgIpc) is 2.83. The number of anilines is 2. The third kappa shape index (κ3) is 3.51. The first-order chi connectivity index (χ1) is 9.61. The molecule has 0 aliphatic heterocycles. The van der Waals surface area contributed by atoms with Crippen molar-refractivity contribution in [2.24, 2.45) is 0 Å². The Bertz CT molecular complexity index is 619. The molecule has 2 rings (SSSR count). The van der Waals surface area contributed by atoms with Gasteiger partial charge in [0.2, 0.25) is 0 Å². The molecule has 0 atom stereocenters. The summed E-state index contributed by atoms with van der Waals surface area (Å²) in [6.45, 7) is 2.55. The van der Waals surface area contributed by atoms with E-state index in [-0.39, 0.29) is 11.4 Å². The zero-order chi connectivity index (χ0) is 14.5. The summed E-state index contributed by atoms with van der Waals surface area (Å²) in [6.07, 6.45) is 3.80. The van der Waals surface area contributed by atoms with E-state index in [0.29, 0.717) is 11.7 Å². The van der Waals surface area contributed by atoms with Crippen molar-refractivity contribution in [3.63, 3.8) is 0 Å². The Morgan fingerprint density at radius 2 is 2.30 bits per heavy atom. The second-order valence-corrected chi connectivity index (χ2v) is 6.28. The number of hydrogen-bond acceptors (Lipinski definition) is 5. The van der Waals surface area contributed by atoms with E-state index in [1.165, 1.54) is 23.6 Å². The number of nitrogens with one attached hydrogen (secondary N) is 2. The predicted molar refractivity (Wildman–Crippen MR) is 80.7 cm³/mol. The van der Waals surface area contributed by atoms with Crippen molar-refractivity contribution in [2.45, 2.75) is 13.3 Å². The largest absolute Gasteiger partial charge is 0.368 e. The highest BCUT2D eigenvalue weighted by atomic mass is 79.9. The monoisotopic (exact) mass is 358 g/mol. The number of nitrogens with zero attached hydrogens (tertiary/aromatic N) is 2. The van der Waals surface area contributed by atoms with Gasteiger partial charge < -0.3 is 5.32 Å². The predicted octanol–water partition coefficient (Wildman–Crippen LogP) is 3.51. The molecule has 0 saturated carbocycles. The minimum atomic E-state index is -0.658. The zero-order valence-corrected chi connectivity index (χ0v) is 13.0. The quantitative estimate of drug-likeness (QED) is 0.857. The molecule has 2 heterocycles. The van der Waals surface area contributed by atoms with Gasteiger partial charge >= 0.3 is 0 Å². The van der Waals surface area contributed by atoms with E-state index < -0.39 is 11.7 Å². The van der Waals surface area contributed by atoms with Crippen LogP contribution in [-0.2, 0) is 0 Å². The van der Waals surface area contributed by atoms with Gasteiger partial charge in [0.05, 0.1) is 15.5 Å². The van der Waals surface area contributed by atoms with Crippen LogP contribution in [-0.4, -0.2) is 22.4 Å². The van der Waals surface area contributed by atoms with Crippen molar-refractivity contribution in [2.75, 3.05) is 17.2 Å². The number of carbonyl (C=O) groups excluding carboxylic acids is 1. The lowest BCUT2D eigenvalue weighted by Gasteiger charge is -2.08. The van der Waals surface area contributed by atoms with Crippen LogP contribution in [0.4, 0.5) is 15.3 Å². The molecule has 2 aromatic rings. The smallest absolute Gasteiger partial charge is 0.260 e. The van der Waals surface area contributed by atoms with Crippen LogP contribution < -0.4 is 10.6 Å². The van der Waals surface area contributed by atoms with Gasteiger partial charge in [0.1, 0.15) is 0 Å². The van der Waals surface area contributed by atoms with Crippen LogP contribution in [0.15, 0.2) is 22.2 Å². The minimum absolute atomic E-state index is 0.0649. The highest BCUT2D eigenvalue weighted by Crippen LogP contribution is 2.24. The van der Waals surface area contributed by atoms with E-state index in [9.17, 15) is 9.18 Å². The lowest BCUT2D eigenvalue weighted by molar-refractivity contribution is 0.102. The van der Waals surface area contributed by atoms with Crippen LogP contribution in [0.5, 0.6) is 0 Å². The fourth-order valence-corrected chi connectivity index (χ4v) is 2.56. The molecular formula is C12H12BrFN4OS. The molecule has 0 radical (unpaired) electrons. The lowest BCUT2D eigenvalue weighted by atomic mass is 10.2. The number of rotatable bonds is 5. The summed E-state index contributed by atoms with van der Waals surface area (Å²) in [5, 5.41) is 5.79. The van der Waals surface area contributed by atoms with Crippen molar-refractivity contribution in [3.8, 4) is 0 Å². The highest BCUT2D eigenvalue weighted by Gasteiger charge is 2.17. The Kier molecular flexibility index (Phi) is 5.02. The molecule has 2 aromatic heterocycles. The summed E-state index contributed by atoms with van der Waals surface area (Å²) in [6, 6.07) is 1.34. The number of hydrogen-bond donors (Lipinski definition) is 2. The molecule has 2 N–H and O–H groups in total. The van der Waals surface area contributed by atoms with Gasteiger partial charge in [0.15, 0.2) is 16.8 Å². The van der Waals surface area contributed by atoms with Gasteiger partial charge in [-0.25, -0.2) is 14.4 Å². The first-order valence-electron chi connectivity index (χ1n) is 5.93. The number of halogens is 2. The molecule has 0 bridgehead atoms. The molecule has 0 aromatic carbocycles. The van der Waals surface area contributed by atoms with Crippen molar-refractivity contribution in [1.82, 2.24) is 9.97 Å². The van der Waals surface area contributed by atoms with Gasteiger partial charge in [-0.3, -0.25) is 10.1 Å². The van der Waals surface area contributed by atoms with E-state index >= 15 is 0 Å². The van der Waals surface area contributed by atoms with E-state index in [1.54, 1.807) is 6.20 Å². The molecule has 0 aliphatic rings. The Morgan fingerprint density at radius 1 is 1.50 bits per heavy atom. The Labute approximate surface area is 127 Å². The lowest BCUT2D eigenvalue weighted by Crippen LogP contribution is -2.15. The number of pyridine rings is 1. The number of aromatic nitrogens is 2. The van der Waals surface area contributed by atoms with Crippen LogP contribution in [0.1, 0.15) is 23.7 Å². The second kappa shape index (κ2) is 6.76. The van der Waals surface area contributed by atoms with Gasteiger partial charge in [0, 0.05) is 12.7 Å². The number of thiazole rings is 1. The molecule has 8 heteroatoms. The van der Waals surface area contributed by atoms with Crippen LogP contribution in [0.3, 0.4) is 0 Å². The van der Waals surface area contributed by atoms with Gasteiger partial charge in [0.25, 0.3) is 5.91 Å². The number of amides is 1. The molecule has 0 spiro atoms. The molecule has 1 amide bonds. The van der Waals surface area contributed by atoms with Crippen molar-refractivity contribution in [1.29, 1.82) is 0 Å². The van der Waals surface area contributed by atoms with Crippen LogP contribution in [0, 0.1) is 5.82 Å². The SMILES string of the molecule is CCCNc1nccc(C(=O)Nc2ncc(Br)s2)c1F. The summed E-state index contributed by atoms with van der Waals surface area (Å²) in [7, 11) is 0. The van der Waals surface area contributed by atoms with Crippen molar-refractivity contribution >= 4 is 44.1 Å². The van der Waals surface area contributed by atoms with E-state index in [1.807, 2.05) is 6.92 Å². The standard InChI is InChI=1S/C12H12BrFN4OS/c1-2-4-15-10-9(14)7(3-5-16-10)11(19)18-12-17-6-8(13)20-12/h3,5-6H,2,4H2,1H3,(H,15,16)(H,17,18,19). The maximum absolute atomic E-state index is 14.1. The van der Waals surface area contributed by atoms with Crippen molar-refractivity contribution < 1.29 is 9.18 Å². The molecule has 5 nitrogen and oxygen atoms in total. The minimum Gasteiger partial charge on any atom is -0.368 e. The summed E-state index contributed by atoms with van der Waals surface area (Å²) >= 11 is 4.50. The maximum atomic E-state index is 14.1. The third-order valence-electron chi connectivity index (χ3n) is 2.37. The maximum Gasteiger partial charge on any atom is 0.260 e. The highest BCUT2D eigenvalue weighted by molar-refractivity contribution is 9.11. The Hall–Kier alpha value is -1.54. The molecule has 0 aliphatic carbocycles. The Morgan fingerprint density at radius 3 is 2.95 bits per heavy atom.